The number of rotatable bonds is 1. The highest BCUT2D eigenvalue weighted by Crippen LogP contribution is 2.33. The van der Waals surface area contributed by atoms with E-state index in [9.17, 15) is 4.79 Å². The SMILES string of the molecule is O=C1C[C@@H]2C[C@@H](CO)CN12. The summed E-state index contributed by atoms with van der Waals surface area (Å²) in [6.45, 7) is 1.03. The standard InChI is InChI=1S/C7H11NO2/c9-4-5-1-6-2-7(10)8(6)3-5/h5-6,9H,1-4H2/t5-,6+/m1/s1. The van der Waals surface area contributed by atoms with E-state index >= 15 is 0 Å². The van der Waals surface area contributed by atoms with Gasteiger partial charge in [-0.1, -0.05) is 0 Å². The van der Waals surface area contributed by atoms with Crippen molar-refractivity contribution >= 4 is 5.91 Å². The molecule has 0 spiro atoms. The molecule has 1 amide bonds. The number of β-lactam (4-membered cyclic amide) rings is 1. The molecule has 2 fully saturated rings. The highest BCUT2D eigenvalue weighted by Gasteiger charge is 2.43. The number of carbonyl (C=O) groups excluding carboxylic acids is 1. The van der Waals surface area contributed by atoms with Crippen molar-refractivity contribution in [3.8, 4) is 0 Å². The van der Waals surface area contributed by atoms with Crippen LogP contribution in [0.3, 0.4) is 0 Å². The first-order valence-electron chi connectivity index (χ1n) is 3.71. The highest BCUT2D eigenvalue weighted by atomic mass is 16.3. The van der Waals surface area contributed by atoms with Crippen molar-refractivity contribution in [1.29, 1.82) is 0 Å². The number of carbonyl (C=O) groups is 1. The third kappa shape index (κ3) is 0.669. The zero-order chi connectivity index (χ0) is 7.14. The lowest BCUT2D eigenvalue weighted by molar-refractivity contribution is -0.142. The molecule has 2 aliphatic heterocycles. The van der Waals surface area contributed by atoms with E-state index in [0.717, 1.165) is 19.4 Å². The summed E-state index contributed by atoms with van der Waals surface area (Å²) in [5, 5.41) is 8.78. The number of hydrogen-bond donors (Lipinski definition) is 1. The van der Waals surface area contributed by atoms with Crippen molar-refractivity contribution in [2.24, 2.45) is 5.92 Å². The van der Waals surface area contributed by atoms with E-state index in [4.69, 9.17) is 5.11 Å². The van der Waals surface area contributed by atoms with E-state index in [-0.39, 0.29) is 12.5 Å². The zero-order valence-corrected chi connectivity index (χ0v) is 5.79. The van der Waals surface area contributed by atoms with Gasteiger partial charge in [-0.05, 0) is 6.42 Å². The van der Waals surface area contributed by atoms with E-state index in [1.807, 2.05) is 4.90 Å². The fraction of sp³-hybridized carbons (Fsp3) is 0.857. The number of aliphatic hydroxyl groups is 1. The topological polar surface area (TPSA) is 40.5 Å². The fourth-order valence-corrected chi connectivity index (χ4v) is 1.85. The Hall–Kier alpha value is -0.570. The molecule has 0 unspecified atom stereocenters. The number of aliphatic hydroxyl groups excluding tert-OH is 1. The molecule has 2 heterocycles. The molecule has 0 aromatic rings. The fourth-order valence-electron chi connectivity index (χ4n) is 1.85. The van der Waals surface area contributed by atoms with Crippen molar-refractivity contribution in [3.05, 3.63) is 0 Å². The van der Waals surface area contributed by atoms with Gasteiger partial charge in [-0.2, -0.15) is 0 Å². The van der Waals surface area contributed by atoms with Gasteiger partial charge in [0.2, 0.25) is 5.91 Å². The Morgan fingerprint density at radius 1 is 1.70 bits per heavy atom. The van der Waals surface area contributed by atoms with Crippen molar-refractivity contribution in [1.82, 2.24) is 4.90 Å². The van der Waals surface area contributed by atoms with Crippen LogP contribution < -0.4 is 0 Å². The first-order chi connectivity index (χ1) is 4.81. The van der Waals surface area contributed by atoms with Gasteiger partial charge in [-0.15, -0.1) is 0 Å². The third-order valence-corrected chi connectivity index (χ3v) is 2.49. The molecule has 2 atom stereocenters. The van der Waals surface area contributed by atoms with E-state index in [1.54, 1.807) is 0 Å². The summed E-state index contributed by atoms with van der Waals surface area (Å²) in [5.41, 5.74) is 0. The van der Waals surface area contributed by atoms with Crippen molar-refractivity contribution < 1.29 is 9.90 Å². The summed E-state index contributed by atoms with van der Waals surface area (Å²) < 4.78 is 0. The molecule has 0 aliphatic carbocycles. The molecule has 3 heteroatoms. The van der Waals surface area contributed by atoms with Gasteiger partial charge in [0.25, 0.3) is 0 Å². The molecule has 0 saturated carbocycles. The average Bonchev–Trinajstić information content (AvgIpc) is 2.26. The van der Waals surface area contributed by atoms with Gasteiger partial charge in [-0.25, -0.2) is 0 Å². The Morgan fingerprint density at radius 2 is 2.50 bits per heavy atom. The van der Waals surface area contributed by atoms with Gasteiger partial charge < -0.3 is 10.0 Å². The van der Waals surface area contributed by atoms with E-state index in [1.165, 1.54) is 0 Å². The van der Waals surface area contributed by atoms with Gasteiger partial charge in [-0.3, -0.25) is 4.79 Å². The zero-order valence-electron chi connectivity index (χ0n) is 5.79. The van der Waals surface area contributed by atoms with Gasteiger partial charge >= 0.3 is 0 Å². The quantitative estimate of drug-likeness (QED) is 0.505. The monoisotopic (exact) mass is 141 g/mol. The van der Waals surface area contributed by atoms with Crippen LogP contribution in [-0.4, -0.2) is 35.1 Å². The molecular weight excluding hydrogens is 130 g/mol. The van der Waals surface area contributed by atoms with Crippen LogP contribution in [0.1, 0.15) is 12.8 Å². The largest absolute Gasteiger partial charge is 0.396 e. The summed E-state index contributed by atoms with van der Waals surface area (Å²) in [6, 6.07) is 0.477. The predicted octanol–water partition coefficient (Wildman–Crippen LogP) is -0.401. The smallest absolute Gasteiger partial charge is 0.224 e. The lowest BCUT2D eigenvalue weighted by Gasteiger charge is -2.33. The van der Waals surface area contributed by atoms with Crippen molar-refractivity contribution in [3.63, 3.8) is 0 Å². The average molecular weight is 141 g/mol. The second-order valence-electron chi connectivity index (χ2n) is 3.19. The normalized spacial score (nSPS) is 37.7. The van der Waals surface area contributed by atoms with Gasteiger partial charge in [0.15, 0.2) is 0 Å². The molecule has 0 aromatic carbocycles. The third-order valence-electron chi connectivity index (χ3n) is 2.49. The second kappa shape index (κ2) is 1.95. The maximum Gasteiger partial charge on any atom is 0.224 e. The minimum atomic E-state index is 0.236. The lowest BCUT2D eigenvalue weighted by Crippen LogP contribution is -2.48. The molecular formula is C7H11NO2. The molecule has 1 N–H and O–H groups in total. The van der Waals surface area contributed by atoms with Gasteiger partial charge in [0.1, 0.15) is 0 Å². The van der Waals surface area contributed by atoms with Gasteiger partial charge in [0, 0.05) is 31.5 Å². The van der Waals surface area contributed by atoms with E-state index in [2.05, 4.69) is 0 Å². The molecule has 10 heavy (non-hydrogen) atoms. The maximum atomic E-state index is 10.8. The van der Waals surface area contributed by atoms with Crippen LogP contribution in [0.25, 0.3) is 0 Å². The number of amides is 1. The van der Waals surface area contributed by atoms with Crippen LogP contribution in [0.2, 0.25) is 0 Å². The Balaban J connectivity index is 1.99. The van der Waals surface area contributed by atoms with Crippen LogP contribution in [0.4, 0.5) is 0 Å². The summed E-state index contributed by atoms with van der Waals surface area (Å²) in [7, 11) is 0. The molecule has 2 rings (SSSR count). The number of nitrogens with zero attached hydrogens (tertiary/aromatic N) is 1. The molecule has 0 aromatic heterocycles. The minimum absolute atomic E-state index is 0.236. The van der Waals surface area contributed by atoms with Crippen LogP contribution in [0, 0.1) is 5.92 Å². The molecule has 3 nitrogen and oxygen atoms in total. The Labute approximate surface area is 59.6 Å². The Kier molecular flexibility index (Phi) is 1.20. The Morgan fingerprint density at radius 3 is 3.00 bits per heavy atom. The second-order valence-corrected chi connectivity index (χ2v) is 3.19. The number of fused-ring (bicyclic) bond motifs is 1. The van der Waals surface area contributed by atoms with E-state index < -0.39 is 0 Å². The lowest BCUT2D eigenvalue weighted by atomic mass is 10.0. The van der Waals surface area contributed by atoms with Gasteiger partial charge in [0.05, 0.1) is 0 Å². The highest BCUT2D eigenvalue weighted by molar-refractivity contribution is 5.83. The number of hydrogen-bond acceptors (Lipinski definition) is 2. The van der Waals surface area contributed by atoms with E-state index in [0.29, 0.717) is 12.0 Å². The molecule has 2 saturated heterocycles. The van der Waals surface area contributed by atoms with Crippen molar-refractivity contribution in [2.75, 3.05) is 13.2 Å². The Bertz CT molecular complexity index is 169. The molecule has 0 bridgehead atoms. The molecule has 56 valence electrons. The summed E-state index contributed by atoms with van der Waals surface area (Å²) >= 11 is 0. The summed E-state index contributed by atoms with van der Waals surface area (Å²) in [5.74, 6) is 0.623. The summed E-state index contributed by atoms with van der Waals surface area (Å²) in [4.78, 5) is 12.7. The summed E-state index contributed by atoms with van der Waals surface area (Å²) in [6.07, 6.45) is 1.73. The van der Waals surface area contributed by atoms with Crippen LogP contribution in [0.5, 0.6) is 0 Å². The molecule has 0 radical (unpaired) electrons. The molecule has 2 aliphatic rings. The predicted molar refractivity (Wildman–Crippen MR) is 35.3 cm³/mol. The van der Waals surface area contributed by atoms with Crippen molar-refractivity contribution in [2.45, 2.75) is 18.9 Å². The first kappa shape index (κ1) is 6.16. The van der Waals surface area contributed by atoms with Crippen LogP contribution >= 0.6 is 0 Å². The first-order valence-corrected chi connectivity index (χ1v) is 3.71. The minimum Gasteiger partial charge on any atom is -0.396 e. The van der Waals surface area contributed by atoms with Crippen LogP contribution in [-0.2, 0) is 4.79 Å². The van der Waals surface area contributed by atoms with Crippen LogP contribution in [0.15, 0.2) is 0 Å². The maximum absolute atomic E-state index is 10.8.